The van der Waals surface area contributed by atoms with E-state index < -0.39 is 5.92 Å². The molecule has 0 bridgehead atoms. The molecule has 0 aromatic heterocycles. The van der Waals surface area contributed by atoms with Gasteiger partial charge in [-0.15, -0.1) is 0 Å². The van der Waals surface area contributed by atoms with Crippen molar-refractivity contribution in [1.82, 2.24) is 0 Å². The first-order valence-corrected chi connectivity index (χ1v) is 4.96. The Morgan fingerprint density at radius 3 is 2.20 bits per heavy atom. The fraction of sp³-hybridized carbons (Fsp3) is 0.417. The van der Waals surface area contributed by atoms with Gasteiger partial charge < -0.3 is 0 Å². The SMILES string of the molecule is CCCC(F)(F)c1ccc(C(C)=O)cc1. The van der Waals surface area contributed by atoms with Crippen molar-refractivity contribution >= 4 is 5.78 Å². The van der Waals surface area contributed by atoms with Crippen molar-refractivity contribution in [2.75, 3.05) is 0 Å². The van der Waals surface area contributed by atoms with Crippen molar-refractivity contribution in [3.8, 4) is 0 Å². The largest absolute Gasteiger partial charge is 0.295 e. The van der Waals surface area contributed by atoms with Gasteiger partial charge in [0.25, 0.3) is 5.92 Å². The van der Waals surface area contributed by atoms with Crippen LogP contribution in [-0.4, -0.2) is 5.78 Å². The van der Waals surface area contributed by atoms with E-state index in [0.29, 0.717) is 12.0 Å². The van der Waals surface area contributed by atoms with Crippen LogP contribution in [-0.2, 0) is 5.92 Å². The van der Waals surface area contributed by atoms with E-state index in [2.05, 4.69) is 0 Å². The van der Waals surface area contributed by atoms with Crippen molar-refractivity contribution in [2.45, 2.75) is 32.6 Å². The number of carbonyl (C=O) groups is 1. The molecule has 1 aromatic rings. The Kier molecular flexibility index (Phi) is 3.56. The van der Waals surface area contributed by atoms with Gasteiger partial charge in [-0.25, -0.2) is 8.78 Å². The molecular weight excluding hydrogens is 198 g/mol. The molecule has 0 saturated heterocycles. The number of rotatable bonds is 4. The zero-order chi connectivity index (χ0) is 11.5. The van der Waals surface area contributed by atoms with Gasteiger partial charge in [0, 0.05) is 17.5 Å². The van der Waals surface area contributed by atoms with E-state index in [1.54, 1.807) is 6.92 Å². The van der Waals surface area contributed by atoms with Crippen LogP contribution in [0.1, 0.15) is 42.6 Å². The van der Waals surface area contributed by atoms with Gasteiger partial charge in [-0.2, -0.15) is 0 Å². The van der Waals surface area contributed by atoms with E-state index >= 15 is 0 Å². The van der Waals surface area contributed by atoms with Gasteiger partial charge in [0.2, 0.25) is 0 Å². The molecule has 0 unspecified atom stereocenters. The lowest BCUT2D eigenvalue weighted by molar-refractivity contribution is -0.0140. The lowest BCUT2D eigenvalue weighted by atomic mass is 10.0. The van der Waals surface area contributed by atoms with Crippen LogP contribution in [0.2, 0.25) is 0 Å². The molecule has 1 aromatic carbocycles. The summed E-state index contributed by atoms with van der Waals surface area (Å²) in [5.41, 5.74) is 0.445. The normalized spacial score (nSPS) is 11.5. The molecule has 0 radical (unpaired) electrons. The number of hydrogen-bond donors (Lipinski definition) is 0. The first-order chi connectivity index (χ1) is 6.97. The van der Waals surface area contributed by atoms with Gasteiger partial charge in [-0.05, 0) is 6.92 Å². The topological polar surface area (TPSA) is 17.1 Å². The predicted octanol–water partition coefficient (Wildman–Crippen LogP) is 3.78. The van der Waals surface area contributed by atoms with Crippen LogP contribution in [0.15, 0.2) is 24.3 Å². The van der Waals surface area contributed by atoms with Crippen LogP contribution in [0.4, 0.5) is 8.78 Å². The summed E-state index contributed by atoms with van der Waals surface area (Å²) in [4.78, 5) is 10.9. The molecule has 0 spiro atoms. The van der Waals surface area contributed by atoms with Crippen molar-refractivity contribution in [2.24, 2.45) is 0 Å². The van der Waals surface area contributed by atoms with Gasteiger partial charge in [0.15, 0.2) is 5.78 Å². The Hall–Kier alpha value is -1.25. The van der Waals surface area contributed by atoms with E-state index in [1.807, 2.05) is 0 Å². The minimum absolute atomic E-state index is 0.0191. The first-order valence-electron chi connectivity index (χ1n) is 4.96. The third kappa shape index (κ3) is 2.85. The summed E-state index contributed by atoms with van der Waals surface area (Å²) in [5, 5.41) is 0. The van der Waals surface area contributed by atoms with E-state index in [9.17, 15) is 13.6 Å². The summed E-state index contributed by atoms with van der Waals surface area (Å²) >= 11 is 0. The second kappa shape index (κ2) is 4.51. The molecular formula is C12H14F2O. The minimum atomic E-state index is -2.79. The Balaban J connectivity index is 2.93. The second-order valence-corrected chi connectivity index (χ2v) is 3.59. The Morgan fingerprint density at radius 2 is 1.80 bits per heavy atom. The van der Waals surface area contributed by atoms with Crippen LogP contribution in [0.5, 0.6) is 0 Å². The maximum absolute atomic E-state index is 13.4. The average Bonchev–Trinajstić information content (AvgIpc) is 2.18. The standard InChI is InChI=1S/C12H14F2O/c1-3-8-12(13,14)11-6-4-10(5-7-11)9(2)15/h4-7H,3,8H2,1-2H3. The Bertz CT molecular complexity index is 341. The highest BCUT2D eigenvalue weighted by atomic mass is 19.3. The molecule has 1 rings (SSSR count). The number of carbonyl (C=O) groups excluding carboxylic acids is 1. The lowest BCUT2D eigenvalue weighted by Gasteiger charge is -2.15. The fourth-order valence-electron chi connectivity index (χ4n) is 1.41. The zero-order valence-electron chi connectivity index (χ0n) is 8.89. The van der Waals surface area contributed by atoms with Crippen LogP contribution in [0.3, 0.4) is 0 Å². The van der Waals surface area contributed by atoms with Gasteiger partial charge in [-0.1, -0.05) is 37.6 Å². The number of alkyl halides is 2. The Labute approximate surface area is 88.1 Å². The van der Waals surface area contributed by atoms with Crippen molar-refractivity contribution in [1.29, 1.82) is 0 Å². The smallest absolute Gasteiger partial charge is 0.273 e. The van der Waals surface area contributed by atoms with Gasteiger partial charge in [0.1, 0.15) is 0 Å². The van der Waals surface area contributed by atoms with E-state index in [0.717, 1.165) is 0 Å². The quantitative estimate of drug-likeness (QED) is 0.694. The molecule has 0 heterocycles. The molecule has 0 N–H and O–H groups in total. The molecule has 15 heavy (non-hydrogen) atoms. The fourth-order valence-corrected chi connectivity index (χ4v) is 1.41. The molecule has 0 atom stereocenters. The van der Waals surface area contributed by atoms with Crippen molar-refractivity contribution in [3.05, 3.63) is 35.4 Å². The maximum Gasteiger partial charge on any atom is 0.273 e. The highest BCUT2D eigenvalue weighted by Crippen LogP contribution is 2.32. The van der Waals surface area contributed by atoms with E-state index in [-0.39, 0.29) is 17.8 Å². The lowest BCUT2D eigenvalue weighted by Crippen LogP contribution is -2.12. The number of benzene rings is 1. The number of ketones is 1. The molecule has 0 amide bonds. The summed E-state index contributed by atoms with van der Waals surface area (Å²) in [5.74, 6) is -2.90. The highest BCUT2D eigenvalue weighted by molar-refractivity contribution is 5.94. The monoisotopic (exact) mass is 212 g/mol. The molecule has 0 aliphatic heterocycles. The molecule has 0 saturated carbocycles. The number of halogens is 2. The van der Waals surface area contributed by atoms with Crippen LogP contribution < -0.4 is 0 Å². The van der Waals surface area contributed by atoms with Crippen LogP contribution >= 0.6 is 0 Å². The summed E-state index contributed by atoms with van der Waals surface area (Å²) in [6, 6.07) is 5.54. The third-order valence-corrected chi connectivity index (χ3v) is 2.28. The summed E-state index contributed by atoms with van der Waals surface area (Å²) in [6.45, 7) is 3.14. The maximum atomic E-state index is 13.4. The number of Topliss-reactive ketones (excluding diaryl/α,β-unsaturated/α-hetero) is 1. The van der Waals surface area contributed by atoms with E-state index in [4.69, 9.17) is 0 Å². The van der Waals surface area contributed by atoms with Crippen molar-refractivity contribution in [3.63, 3.8) is 0 Å². The van der Waals surface area contributed by atoms with Crippen LogP contribution in [0, 0.1) is 0 Å². The minimum Gasteiger partial charge on any atom is -0.295 e. The predicted molar refractivity (Wildman–Crippen MR) is 55.2 cm³/mol. The van der Waals surface area contributed by atoms with Gasteiger partial charge >= 0.3 is 0 Å². The molecule has 0 fully saturated rings. The first kappa shape index (κ1) is 11.8. The summed E-state index contributed by atoms with van der Waals surface area (Å²) in [7, 11) is 0. The molecule has 0 aliphatic rings. The molecule has 3 heteroatoms. The summed E-state index contributed by atoms with van der Waals surface area (Å²) in [6.07, 6.45) is 0.272. The molecule has 1 nitrogen and oxygen atoms in total. The summed E-state index contributed by atoms with van der Waals surface area (Å²) < 4.78 is 26.8. The molecule has 0 aliphatic carbocycles. The average molecular weight is 212 g/mol. The van der Waals surface area contributed by atoms with Crippen LogP contribution in [0.25, 0.3) is 0 Å². The van der Waals surface area contributed by atoms with Gasteiger partial charge in [-0.3, -0.25) is 4.79 Å². The number of hydrogen-bond acceptors (Lipinski definition) is 1. The highest BCUT2D eigenvalue weighted by Gasteiger charge is 2.29. The molecule has 82 valence electrons. The second-order valence-electron chi connectivity index (χ2n) is 3.59. The Morgan fingerprint density at radius 1 is 1.27 bits per heavy atom. The van der Waals surface area contributed by atoms with Gasteiger partial charge in [0.05, 0.1) is 0 Å². The third-order valence-electron chi connectivity index (χ3n) is 2.28. The zero-order valence-corrected chi connectivity index (χ0v) is 8.89. The van der Waals surface area contributed by atoms with E-state index in [1.165, 1.54) is 31.2 Å². The van der Waals surface area contributed by atoms with Crippen molar-refractivity contribution < 1.29 is 13.6 Å².